The van der Waals surface area contributed by atoms with Crippen molar-refractivity contribution in [1.29, 1.82) is 0 Å². The molecule has 2 unspecified atom stereocenters. The molecule has 0 radical (unpaired) electrons. The van der Waals surface area contributed by atoms with Gasteiger partial charge in [0.1, 0.15) is 11.9 Å². The number of benzene rings is 1. The van der Waals surface area contributed by atoms with Gasteiger partial charge in [0.2, 0.25) is 0 Å². The van der Waals surface area contributed by atoms with Crippen LogP contribution in [0.1, 0.15) is 18.7 Å². The summed E-state index contributed by atoms with van der Waals surface area (Å²) < 4.78 is 35.3. The number of ether oxygens (including phenoxy) is 1. The fraction of sp³-hybridized carbons (Fsp3) is 0.429. The second-order valence-electron chi connectivity index (χ2n) is 4.56. The number of methoxy groups -OCH3 is 1. The minimum atomic E-state index is -2.76. The van der Waals surface area contributed by atoms with E-state index in [2.05, 4.69) is 5.32 Å². The number of halogens is 2. The molecule has 0 aliphatic rings. The van der Waals surface area contributed by atoms with E-state index in [4.69, 9.17) is 14.3 Å². The molecule has 0 saturated carbocycles. The standard InChI is InChI=1S/C14H17F2NO3/c1-8(17-7-10(18)14(15)16)12-6-9-4-3-5-11(19-2)13(9)20-12/h3-6,8,10,14,17-18H,7H2,1-2H3. The van der Waals surface area contributed by atoms with Crippen molar-refractivity contribution in [2.24, 2.45) is 0 Å². The number of rotatable bonds is 6. The zero-order chi connectivity index (χ0) is 14.7. The van der Waals surface area contributed by atoms with Gasteiger partial charge >= 0.3 is 0 Å². The van der Waals surface area contributed by atoms with Crippen LogP contribution in [0.5, 0.6) is 5.75 Å². The van der Waals surface area contributed by atoms with Crippen molar-refractivity contribution in [3.63, 3.8) is 0 Å². The van der Waals surface area contributed by atoms with Gasteiger partial charge in [-0.2, -0.15) is 0 Å². The molecule has 0 bridgehead atoms. The Kier molecular flexibility index (Phi) is 4.57. The van der Waals surface area contributed by atoms with E-state index in [-0.39, 0.29) is 12.6 Å². The summed E-state index contributed by atoms with van der Waals surface area (Å²) in [5.41, 5.74) is 0.619. The van der Waals surface area contributed by atoms with E-state index in [1.165, 1.54) is 0 Å². The lowest BCUT2D eigenvalue weighted by molar-refractivity contribution is -0.00465. The molecule has 1 heterocycles. The first kappa shape index (κ1) is 14.7. The molecule has 0 fully saturated rings. The average Bonchev–Trinajstić information content (AvgIpc) is 2.87. The number of fused-ring (bicyclic) bond motifs is 1. The van der Waals surface area contributed by atoms with Crippen LogP contribution in [0.3, 0.4) is 0 Å². The van der Waals surface area contributed by atoms with Crippen LogP contribution in [0.25, 0.3) is 11.0 Å². The van der Waals surface area contributed by atoms with Crippen molar-refractivity contribution in [2.75, 3.05) is 13.7 Å². The number of hydrogen-bond acceptors (Lipinski definition) is 4. The fourth-order valence-corrected chi connectivity index (χ4v) is 1.92. The maximum atomic E-state index is 12.2. The Balaban J connectivity index is 2.12. The highest BCUT2D eigenvalue weighted by Crippen LogP contribution is 2.30. The molecule has 0 aliphatic heterocycles. The molecule has 4 nitrogen and oxygen atoms in total. The van der Waals surface area contributed by atoms with Crippen LogP contribution in [0.2, 0.25) is 0 Å². The molecule has 0 saturated heterocycles. The van der Waals surface area contributed by atoms with Gasteiger partial charge in [0.25, 0.3) is 6.43 Å². The normalized spacial score (nSPS) is 14.7. The minimum Gasteiger partial charge on any atom is -0.493 e. The quantitative estimate of drug-likeness (QED) is 0.857. The van der Waals surface area contributed by atoms with Gasteiger partial charge in [0, 0.05) is 11.9 Å². The number of nitrogens with one attached hydrogen (secondary N) is 1. The third-order valence-corrected chi connectivity index (χ3v) is 3.10. The van der Waals surface area contributed by atoms with Crippen molar-refractivity contribution in [3.05, 3.63) is 30.0 Å². The summed E-state index contributed by atoms with van der Waals surface area (Å²) in [6.45, 7) is 1.58. The van der Waals surface area contributed by atoms with Gasteiger partial charge in [-0.3, -0.25) is 0 Å². The molecular weight excluding hydrogens is 268 g/mol. The van der Waals surface area contributed by atoms with Crippen LogP contribution >= 0.6 is 0 Å². The largest absolute Gasteiger partial charge is 0.493 e. The summed E-state index contributed by atoms with van der Waals surface area (Å²) in [5.74, 6) is 1.22. The third kappa shape index (κ3) is 3.08. The lowest BCUT2D eigenvalue weighted by Gasteiger charge is -2.14. The number of furan rings is 1. The first-order chi connectivity index (χ1) is 9.52. The molecule has 0 amide bonds. The Bertz CT molecular complexity index is 571. The Morgan fingerprint density at radius 3 is 2.80 bits per heavy atom. The molecule has 2 atom stereocenters. The monoisotopic (exact) mass is 285 g/mol. The molecule has 0 aliphatic carbocycles. The Hall–Kier alpha value is -1.66. The van der Waals surface area contributed by atoms with Gasteiger partial charge in [-0.05, 0) is 19.1 Å². The molecule has 2 aromatic rings. The average molecular weight is 285 g/mol. The SMILES string of the molecule is COc1cccc2cc(C(C)NCC(O)C(F)F)oc12. The fourth-order valence-electron chi connectivity index (χ4n) is 1.92. The molecular formula is C14H17F2NO3. The first-order valence-electron chi connectivity index (χ1n) is 6.29. The molecule has 1 aromatic heterocycles. The molecule has 2 rings (SSSR count). The van der Waals surface area contributed by atoms with Crippen LogP contribution in [-0.2, 0) is 0 Å². The van der Waals surface area contributed by atoms with E-state index < -0.39 is 12.5 Å². The summed E-state index contributed by atoms with van der Waals surface area (Å²) in [6, 6.07) is 7.05. The van der Waals surface area contributed by atoms with Crippen LogP contribution < -0.4 is 10.1 Å². The van der Waals surface area contributed by atoms with E-state index >= 15 is 0 Å². The molecule has 1 aromatic carbocycles. The molecule has 0 spiro atoms. The predicted octanol–water partition coefficient (Wildman–Crippen LogP) is 2.72. The zero-order valence-corrected chi connectivity index (χ0v) is 11.3. The van der Waals surface area contributed by atoms with Crippen LogP contribution in [0.4, 0.5) is 8.78 Å². The summed E-state index contributed by atoms with van der Waals surface area (Å²) in [6.07, 6.45) is -4.44. The van der Waals surface area contributed by atoms with Crippen molar-refractivity contribution < 1.29 is 23.0 Å². The smallest absolute Gasteiger partial charge is 0.265 e. The van der Waals surface area contributed by atoms with Crippen LogP contribution in [0, 0.1) is 0 Å². The van der Waals surface area contributed by atoms with Crippen LogP contribution in [0.15, 0.2) is 28.7 Å². The summed E-state index contributed by atoms with van der Waals surface area (Å²) >= 11 is 0. The van der Waals surface area contributed by atoms with Gasteiger partial charge in [-0.25, -0.2) is 8.78 Å². The van der Waals surface area contributed by atoms with E-state index in [1.54, 1.807) is 20.1 Å². The Labute approximate surface area is 115 Å². The second-order valence-corrected chi connectivity index (χ2v) is 4.56. The molecule has 6 heteroatoms. The topological polar surface area (TPSA) is 54.6 Å². The van der Waals surface area contributed by atoms with Crippen LogP contribution in [-0.4, -0.2) is 31.3 Å². The Morgan fingerprint density at radius 2 is 2.15 bits per heavy atom. The second kappa shape index (κ2) is 6.19. The highest BCUT2D eigenvalue weighted by molar-refractivity contribution is 5.83. The third-order valence-electron chi connectivity index (χ3n) is 3.10. The molecule has 110 valence electrons. The highest BCUT2D eigenvalue weighted by Gasteiger charge is 2.19. The summed E-state index contributed by atoms with van der Waals surface area (Å²) in [7, 11) is 1.55. The maximum absolute atomic E-state index is 12.2. The van der Waals surface area contributed by atoms with E-state index in [9.17, 15) is 8.78 Å². The van der Waals surface area contributed by atoms with Gasteiger partial charge < -0.3 is 19.6 Å². The van der Waals surface area contributed by atoms with Gasteiger partial charge in [0.15, 0.2) is 11.3 Å². The zero-order valence-electron chi connectivity index (χ0n) is 11.3. The van der Waals surface area contributed by atoms with Crippen molar-refractivity contribution in [2.45, 2.75) is 25.5 Å². The summed E-state index contributed by atoms with van der Waals surface area (Å²) in [4.78, 5) is 0. The lowest BCUT2D eigenvalue weighted by Crippen LogP contribution is -2.33. The Morgan fingerprint density at radius 1 is 1.40 bits per heavy atom. The van der Waals surface area contributed by atoms with E-state index in [0.29, 0.717) is 17.1 Å². The number of aliphatic hydroxyl groups excluding tert-OH is 1. The van der Waals surface area contributed by atoms with Crippen molar-refractivity contribution in [1.82, 2.24) is 5.32 Å². The number of para-hydroxylation sites is 1. The highest BCUT2D eigenvalue weighted by atomic mass is 19.3. The first-order valence-corrected chi connectivity index (χ1v) is 6.29. The van der Waals surface area contributed by atoms with Gasteiger partial charge in [-0.1, -0.05) is 12.1 Å². The van der Waals surface area contributed by atoms with E-state index in [0.717, 1.165) is 5.39 Å². The maximum Gasteiger partial charge on any atom is 0.265 e. The molecule has 20 heavy (non-hydrogen) atoms. The minimum absolute atomic E-state index is 0.201. The van der Waals surface area contributed by atoms with Gasteiger partial charge in [0.05, 0.1) is 13.2 Å². The van der Waals surface area contributed by atoms with Gasteiger partial charge in [-0.15, -0.1) is 0 Å². The number of hydrogen-bond donors (Lipinski definition) is 2. The molecule has 2 N–H and O–H groups in total. The summed E-state index contributed by atoms with van der Waals surface area (Å²) in [5, 5.41) is 12.8. The van der Waals surface area contributed by atoms with E-state index in [1.807, 2.05) is 18.2 Å². The predicted molar refractivity (Wildman–Crippen MR) is 71.2 cm³/mol. The number of aliphatic hydroxyl groups is 1. The van der Waals surface area contributed by atoms with Crippen molar-refractivity contribution >= 4 is 11.0 Å². The van der Waals surface area contributed by atoms with Crippen molar-refractivity contribution in [3.8, 4) is 5.75 Å². The number of alkyl halides is 2. The lowest BCUT2D eigenvalue weighted by atomic mass is 10.2.